The van der Waals surface area contributed by atoms with Gasteiger partial charge in [0.05, 0.1) is 6.61 Å². The summed E-state index contributed by atoms with van der Waals surface area (Å²) >= 11 is 0. The lowest BCUT2D eigenvalue weighted by Gasteiger charge is -2.07. The number of hydrogen-bond acceptors (Lipinski definition) is 1. The van der Waals surface area contributed by atoms with Crippen molar-refractivity contribution >= 4 is 5.57 Å². The molecule has 0 aliphatic heterocycles. The van der Waals surface area contributed by atoms with Crippen molar-refractivity contribution in [1.82, 2.24) is 0 Å². The molecule has 100 valence electrons. The summed E-state index contributed by atoms with van der Waals surface area (Å²) in [6.07, 6.45) is 9.54. The molecule has 0 unspecified atom stereocenters. The van der Waals surface area contributed by atoms with Crippen LogP contribution >= 0.6 is 0 Å². The number of rotatable bonds is 5. The van der Waals surface area contributed by atoms with Gasteiger partial charge in [-0.3, -0.25) is 0 Å². The molecule has 1 heteroatoms. The molecule has 0 heterocycles. The van der Waals surface area contributed by atoms with Gasteiger partial charge in [0, 0.05) is 0 Å². The van der Waals surface area contributed by atoms with Crippen LogP contribution in [0.25, 0.3) is 5.57 Å². The van der Waals surface area contributed by atoms with E-state index in [-0.39, 0.29) is 6.61 Å². The first-order chi connectivity index (χ1) is 9.92. The molecule has 2 rings (SSSR count). The Morgan fingerprint density at radius 2 is 1.30 bits per heavy atom. The molecular weight excluding hydrogens is 244 g/mol. The van der Waals surface area contributed by atoms with E-state index in [4.69, 9.17) is 5.11 Å². The fourth-order valence-corrected chi connectivity index (χ4v) is 1.95. The van der Waals surface area contributed by atoms with Crippen molar-refractivity contribution in [2.45, 2.75) is 0 Å². The number of allylic oxidation sites excluding steroid dienone is 4. The number of aliphatic hydroxyl groups is 1. The fourth-order valence-electron chi connectivity index (χ4n) is 1.95. The lowest BCUT2D eigenvalue weighted by atomic mass is 9.97. The van der Waals surface area contributed by atoms with E-state index < -0.39 is 0 Å². The first-order valence-electron chi connectivity index (χ1n) is 6.67. The minimum absolute atomic E-state index is 0.0677. The van der Waals surface area contributed by atoms with Crippen LogP contribution in [0, 0.1) is 0 Å². The fraction of sp³-hybridized carbons (Fsp3) is 0.0526. The second kappa shape index (κ2) is 7.93. The molecule has 0 fully saturated rings. The summed E-state index contributed by atoms with van der Waals surface area (Å²) < 4.78 is 0. The monoisotopic (exact) mass is 262 g/mol. The Morgan fingerprint density at radius 3 is 1.80 bits per heavy atom. The third kappa shape index (κ3) is 4.08. The van der Waals surface area contributed by atoms with Crippen molar-refractivity contribution in [2.24, 2.45) is 0 Å². The van der Waals surface area contributed by atoms with Gasteiger partial charge in [-0.1, -0.05) is 91.0 Å². The second-order valence-corrected chi connectivity index (χ2v) is 4.31. The Hall–Kier alpha value is -2.38. The highest BCUT2D eigenvalue weighted by atomic mass is 16.2. The maximum atomic E-state index is 8.69. The van der Waals surface area contributed by atoms with Crippen molar-refractivity contribution in [3.63, 3.8) is 0 Å². The lowest BCUT2D eigenvalue weighted by Crippen LogP contribution is -1.86. The second-order valence-electron chi connectivity index (χ2n) is 4.31. The molecule has 0 amide bonds. The van der Waals surface area contributed by atoms with Crippen LogP contribution in [0.3, 0.4) is 0 Å². The van der Waals surface area contributed by atoms with Gasteiger partial charge in [-0.15, -0.1) is 0 Å². The lowest BCUT2D eigenvalue weighted by molar-refractivity contribution is 0.343. The molecule has 0 saturated carbocycles. The maximum Gasteiger partial charge on any atom is 0.0615 e. The number of aliphatic hydroxyl groups excluding tert-OH is 1. The van der Waals surface area contributed by atoms with E-state index >= 15 is 0 Å². The van der Waals surface area contributed by atoms with Gasteiger partial charge in [-0.2, -0.15) is 0 Å². The smallest absolute Gasteiger partial charge is 0.0615 e. The number of hydrogen-bond donors (Lipinski definition) is 1. The molecule has 0 aliphatic rings. The molecule has 0 radical (unpaired) electrons. The summed E-state index contributed by atoms with van der Waals surface area (Å²) in [5.74, 6) is 0. The highest BCUT2D eigenvalue weighted by molar-refractivity contribution is 5.80. The zero-order chi connectivity index (χ0) is 14.0. The van der Waals surface area contributed by atoms with Crippen LogP contribution in [0.15, 0.2) is 91.0 Å². The summed E-state index contributed by atoms with van der Waals surface area (Å²) in [6.45, 7) is 0.0677. The largest absolute Gasteiger partial charge is 0.392 e. The average molecular weight is 262 g/mol. The highest BCUT2D eigenvalue weighted by Gasteiger charge is 2.02. The normalized spacial score (nSPS) is 11.1. The summed E-state index contributed by atoms with van der Waals surface area (Å²) in [5.41, 5.74) is 3.56. The third-order valence-corrected chi connectivity index (χ3v) is 2.90. The van der Waals surface area contributed by atoms with Crippen LogP contribution in [0.2, 0.25) is 0 Å². The molecule has 20 heavy (non-hydrogen) atoms. The van der Waals surface area contributed by atoms with Crippen molar-refractivity contribution in [2.75, 3.05) is 6.61 Å². The molecule has 0 aliphatic carbocycles. The quantitative estimate of drug-likeness (QED) is 0.800. The molecule has 1 nitrogen and oxygen atoms in total. The molecule has 2 aromatic carbocycles. The van der Waals surface area contributed by atoms with Gasteiger partial charge in [-0.05, 0) is 16.7 Å². The van der Waals surface area contributed by atoms with Crippen molar-refractivity contribution in [3.8, 4) is 0 Å². The van der Waals surface area contributed by atoms with Crippen LogP contribution in [-0.2, 0) is 0 Å². The number of benzene rings is 2. The maximum absolute atomic E-state index is 8.69. The molecule has 1 N–H and O–H groups in total. The van der Waals surface area contributed by atoms with Crippen molar-refractivity contribution in [1.29, 1.82) is 0 Å². The molecule has 0 saturated heterocycles. The predicted octanol–water partition coefficient (Wildman–Crippen LogP) is 4.22. The van der Waals surface area contributed by atoms with Gasteiger partial charge in [-0.25, -0.2) is 0 Å². The van der Waals surface area contributed by atoms with E-state index in [1.165, 1.54) is 16.7 Å². The third-order valence-electron chi connectivity index (χ3n) is 2.90. The molecule has 0 atom stereocenters. The summed E-state index contributed by atoms with van der Waals surface area (Å²) in [4.78, 5) is 0. The van der Waals surface area contributed by atoms with E-state index in [9.17, 15) is 0 Å². The van der Waals surface area contributed by atoms with E-state index in [2.05, 4.69) is 30.3 Å². The Balaban J connectivity index is 2.33. The van der Waals surface area contributed by atoms with Crippen LogP contribution in [0.1, 0.15) is 11.1 Å². The Bertz CT molecular complexity index is 551. The molecule has 2 aromatic rings. The SMILES string of the molecule is OC/C=C/C=C/C=C(c1ccccc1)c1ccccc1. The minimum atomic E-state index is 0.0677. The Morgan fingerprint density at radius 1 is 0.750 bits per heavy atom. The predicted molar refractivity (Wildman–Crippen MR) is 85.3 cm³/mol. The van der Waals surface area contributed by atoms with Gasteiger partial charge >= 0.3 is 0 Å². The Labute approximate surface area is 120 Å². The average Bonchev–Trinajstić information content (AvgIpc) is 2.53. The Kier molecular flexibility index (Phi) is 5.56. The van der Waals surface area contributed by atoms with Crippen LogP contribution in [0.4, 0.5) is 0 Å². The molecule has 0 bridgehead atoms. The van der Waals surface area contributed by atoms with E-state index in [1.807, 2.05) is 54.6 Å². The van der Waals surface area contributed by atoms with E-state index in [0.717, 1.165) is 0 Å². The summed E-state index contributed by atoms with van der Waals surface area (Å²) in [5, 5.41) is 8.69. The first kappa shape index (κ1) is 14.0. The first-order valence-corrected chi connectivity index (χ1v) is 6.67. The van der Waals surface area contributed by atoms with Crippen LogP contribution in [0.5, 0.6) is 0 Å². The van der Waals surface area contributed by atoms with Gasteiger partial charge in [0.25, 0.3) is 0 Å². The zero-order valence-corrected chi connectivity index (χ0v) is 11.3. The zero-order valence-electron chi connectivity index (χ0n) is 11.3. The van der Waals surface area contributed by atoms with Crippen molar-refractivity contribution in [3.05, 3.63) is 102 Å². The minimum Gasteiger partial charge on any atom is -0.392 e. The van der Waals surface area contributed by atoms with E-state index in [1.54, 1.807) is 6.08 Å². The molecule has 0 spiro atoms. The van der Waals surface area contributed by atoms with E-state index in [0.29, 0.717) is 0 Å². The van der Waals surface area contributed by atoms with Crippen LogP contribution in [-0.4, -0.2) is 11.7 Å². The standard InChI is InChI=1S/C19H18O/c20-16-10-2-1-9-15-19(17-11-5-3-6-12-17)18-13-7-4-8-14-18/h1-15,20H,16H2/b9-1+,10-2+. The summed E-state index contributed by atoms with van der Waals surface area (Å²) in [6, 6.07) is 20.6. The van der Waals surface area contributed by atoms with Crippen LogP contribution < -0.4 is 0 Å². The van der Waals surface area contributed by atoms with Gasteiger partial charge in [0.1, 0.15) is 0 Å². The molecular formula is C19H18O. The van der Waals surface area contributed by atoms with Gasteiger partial charge in [0.15, 0.2) is 0 Å². The molecule has 0 aromatic heterocycles. The van der Waals surface area contributed by atoms with Gasteiger partial charge < -0.3 is 5.11 Å². The van der Waals surface area contributed by atoms with Crippen molar-refractivity contribution < 1.29 is 5.11 Å². The summed E-state index contributed by atoms with van der Waals surface area (Å²) in [7, 11) is 0. The van der Waals surface area contributed by atoms with Gasteiger partial charge in [0.2, 0.25) is 0 Å². The highest BCUT2D eigenvalue weighted by Crippen LogP contribution is 2.22. The topological polar surface area (TPSA) is 20.2 Å².